The number of nitrogens with zero attached hydrogens (tertiary/aromatic N) is 1. The number of rotatable bonds is 8. The zero-order chi connectivity index (χ0) is 20.9. The minimum Gasteiger partial charge on any atom is -0.480 e. The molecule has 0 heterocycles. The van der Waals surface area contributed by atoms with Crippen molar-refractivity contribution < 1.29 is 39.3 Å². The van der Waals surface area contributed by atoms with Crippen molar-refractivity contribution in [2.24, 2.45) is 5.92 Å². The molecule has 1 atom stereocenters. The van der Waals surface area contributed by atoms with Gasteiger partial charge in [0.15, 0.2) is 0 Å². The Morgan fingerprint density at radius 1 is 0.963 bits per heavy atom. The Kier molecular flexibility index (Phi) is 7.03. The van der Waals surface area contributed by atoms with E-state index in [-0.39, 0.29) is 16.8 Å². The van der Waals surface area contributed by atoms with Crippen LogP contribution in [0.2, 0.25) is 0 Å². The molecular formula is C17H20N2O8. The molecule has 1 aromatic carbocycles. The quantitative estimate of drug-likeness (QED) is 0.515. The van der Waals surface area contributed by atoms with Crippen LogP contribution < -0.4 is 5.32 Å². The number of carboxylic acids is 3. The van der Waals surface area contributed by atoms with Gasteiger partial charge < -0.3 is 20.6 Å². The number of anilines is 1. The largest absolute Gasteiger partial charge is 0.480 e. The van der Waals surface area contributed by atoms with Gasteiger partial charge in [0.1, 0.15) is 12.6 Å². The number of amides is 2. The van der Waals surface area contributed by atoms with E-state index in [1.54, 1.807) is 13.8 Å². The summed E-state index contributed by atoms with van der Waals surface area (Å²) in [6.45, 7) is 3.49. The molecule has 0 fully saturated rings. The summed E-state index contributed by atoms with van der Waals surface area (Å²) in [5.74, 6) is -6.09. The summed E-state index contributed by atoms with van der Waals surface area (Å²) >= 11 is 0. The van der Waals surface area contributed by atoms with Crippen LogP contribution >= 0.6 is 0 Å². The van der Waals surface area contributed by atoms with Crippen LogP contribution in [0.15, 0.2) is 18.2 Å². The average Bonchev–Trinajstić information content (AvgIpc) is 2.55. The topological polar surface area (TPSA) is 161 Å². The van der Waals surface area contributed by atoms with E-state index in [9.17, 15) is 24.0 Å². The number of imide groups is 1. The number of benzene rings is 1. The second kappa shape index (κ2) is 8.79. The van der Waals surface area contributed by atoms with Crippen molar-refractivity contribution in [3.8, 4) is 0 Å². The van der Waals surface area contributed by atoms with Crippen molar-refractivity contribution in [3.63, 3.8) is 0 Å². The maximum absolute atomic E-state index is 12.7. The fourth-order valence-electron chi connectivity index (χ4n) is 2.30. The molecule has 1 unspecified atom stereocenters. The molecule has 2 amide bonds. The third-order valence-corrected chi connectivity index (χ3v) is 3.62. The number of hydrogen-bond acceptors (Lipinski definition) is 6. The molecule has 0 saturated heterocycles. The zero-order valence-corrected chi connectivity index (χ0v) is 14.9. The first kappa shape index (κ1) is 21.6. The van der Waals surface area contributed by atoms with Gasteiger partial charge >= 0.3 is 17.9 Å². The number of carbonyl (C=O) groups is 5. The Hall–Kier alpha value is -3.43. The molecule has 146 valence electrons. The molecule has 27 heavy (non-hydrogen) atoms. The van der Waals surface area contributed by atoms with E-state index < -0.39 is 48.2 Å². The lowest BCUT2D eigenvalue weighted by atomic mass is 10.0. The lowest BCUT2D eigenvalue weighted by Gasteiger charge is -2.27. The molecule has 1 aromatic rings. The van der Waals surface area contributed by atoms with Crippen molar-refractivity contribution in [1.29, 1.82) is 0 Å². The van der Waals surface area contributed by atoms with Gasteiger partial charge in [-0.05, 0) is 24.1 Å². The van der Waals surface area contributed by atoms with E-state index in [1.807, 2.05) is 0 Å². The fraction of sp³-hybridized carbons (Fsp3) is 0.353. The monoisotopic (exact) mass is 380 g/mol. The summed E-state index contributed by atoms with van der Waals surface area (Å²) in [6, 6.07) is 2.17. The van der Waals surface area contributed by atoms with Gasteiger partial charge in [-0.2, -0.15) is 0 Å². The molecule has 10 heteroatoms. The average molecular weight is 380 g/mol. The SMILES string of the molecule is CC(=O)N(CC(=O)O)C(=O)C(Nc1cc(C(=O)O)cc(C(=O)O)c1)C(C)C. The molecular weight excluding hydrogens is 360 g/mol. The van der Waals surface area contributed by atoms with Crippen LogP contribution in [0, 0.1) is 5.92 Å². The van der Waals surface area contributed by atoms with E-state index in [1.165, 1.54) is 0 Å². The lowest BCUT2D eigenvalue weighted by Crippen LogP contribution is -2.49. The Labute approximate surface area is 154 Å². The highest BCUT2D eigenvalue weighted by Gasteiger charge is 2.31. The number of aromatic carboxylic acids is 2. The van der Waals surface area contributed by atoms with Crippen LogP contribution in [0.25, 0.3) is 0 Å². The summed E-state index contributed by atoms with van der Waals surface area (Å²) in [6.07, 6.45) is 0. The number of carbonyl (C=O) groups excluding carboxylic acids is 2. The van der Waals surface area contributed by atoms with Gasteiger partial charge in [-0.3, -0.25) is 19.3 Å². The lowest BCUT2D eigenvalue weighted by molar-refractivity contribution is -0.152. The fourth-order valence-corrected chi connectivity index (χ4v) is 2.30. The van der Waals surface area contributed by atoms with Crippen molar-refractivity contribution >= 4 is 35.4 Å². The molecule has 1 rings (SSSR count). The summed E-state index contributed by atoms with van der Waals surface area (Å²) in [4.78, 5) is 58.2. The van der Waals surface area contributed by atoms with Gasteiger partial charge in [-0.15, -0.1) is 0 Å². The van der Waals surface area contributed by atoms with Crippen molar-refractivity contribution in [1.82, 2.24) is 4.90 Å². The molecule has 0 spiro atoms. The highest BCUT2D eigenvalue weighted by molar-refractivity contribution is 6.01. The van der Waals surface area contributed by atoms with Crippen molar-refractivity contribution in [2.45, 2.75) is 26.8 Å². The Bertz CT molecular complexity index is 755. The van der Waals surface area contributed by atoms with Gasteiger partial charge in [0.2, 0.25) is 5.91 Å². The molecule has 0 aromatic heterocycles. The van der Waals surface area contributed by atoms with Crippen LogP contribution in [0.4, 0.5) is 5.69 Å². The van der Waals surface area contributed by atoms with E-state index in [0.29, 0.717) is 4.90 Å². The number of nitrogens with one attached hydrogen (secondary N) is 1. The van der Waals surface area contributed by atoms with E-state index in [0.717, 1.165) is 25.1 Å². The summed E-state index contributed by atoms with van der Waals surface area (Å²) in [5.41, 5.74) is -0.569. The Morgan fingerprint density at radius 3 is 1.78 bits per heavy atom. The molecule has 4 N–H and O–H groups in total. The predicted molar refractivity (Wildman–Crippen MR) is 92.6 cm³/mol. The standard InChI is InChI=1S/C17H20N2O8/c1-8(2)14(15(23)19(9(3)20)7-13(21)22)18-12-5-10(16(24)25)4-11(6-12)17(26)27/h4-6,8,14,18H,7H2,1-3H3,(H,21,22)(H,24,25)(H,26,27). The van der Waals surface area contributed by atoms with Crippen LogP contribution in [-0.2, 0) is 14.4 Å². The molecule has 0 saturated carbocycles. The maximum Gasteiger partial charge on any atom is 0.335 e. The van der Waals surface area contributed by atoms with Crippen LogP contribution in [-0.4, -0.2) is 62.5 Å². The van der Waals surface area contributed by atoms with Crippen LogP contribution in [0.5, 0.6) is 0 Å². The van der Waals surface area contributed by atoms with Gasteiger partial charge in [0.25, 0.3) is 5.91 Å². The zero-order valence-electron chi connectivity index (χ0n) is 14.9. The van der Waals surface area contributed by atoms with Crippen LogP contribution in [0.1, 0.15) is 41.5 Å². The van der Waals surface area contributed by atoms with E-state index in [2.05, 4.69) is 5.32 Å². The highest BCUT2D eigenvalue weighted by Crippen LogP contribution is 2.20. The third kappa shape index (κ3) is 5.80. The van der Waals surface area contributed by atoms with Crippen LogP contribution in [0.3, 0.4) is 0 Å². The van der Waals surface area contributed by atoms with Gasteiger partial charge in [-0.1, -0.05) is 13.8 Å². The normalized spacial score (nSPS) is 11.6. The predicted octanol–water partition coefficient (Wildman–Crippen LogP) is 0.979. The van der Waals surface area contributed by atoms with Gasteiger partial charge in [-0.25, -0.2) is 9.59 Å². The highest BCUT2D eigenvalue weighted by atomic mass is 16.4. The number of carboxylic acid groups (broad SMARTS) is 3. The van der Waals surface area contributed by atoms with Gasteiger partial charge in [0, 0.05) is 12.6 Å². The Morgan fingerprint density at radius 2 is 1.44 bits per heavy atom. The minimum atomic E-state index is -1.37. The number of aliphatic carboxylic acids is 1. The van der Waals surface area contributed by atoms with Crippen molar-refractivity contribution in [3.05, 3.63) is 29.3 Å². The first-order valence-electron chi connectivity index (χ1n) is 7.86. The molecule has 0 aliphatic carbocycles. The minimum absolute atomic E-state index is 0.0400. The number of hydrogen-bond donors (Lipinski definition) is 4. The molecule has 0 bridgehead atoms. The first-order valence-corrected chi connectivity index (χ1v) is 7.86. The Balaban J connectivity index is 3.28. The second-order valence-corrected chi connectivity index (χ2v) is 6.11. The smallest absolute Gasteiger partial charge is 0.335 e. The molecule has 10 nitrogen and oxygen atoms in total. The summed E-state index contributed by atoms with van der Waals surface area (Å²) in [7, 11) is 0. The molecule has 0 aliphatic heterocycles. The summed E-state index contributed by atoms with van der Waals surface area (Å²) in [5, 5.41) is 29.8. The maximum atomic E-state index is 12.7. The molecule has 0 radical (unpaired) electrons. The van der Waals surface area contributed by atoms with E-state index in [4.69, 9.17) is 15.3 Å². The summed E-state index contributed by atoms with van der Waals surface area (Å²) < 4.78 is 0. The third-order valence-electron chi connectivity index (χ3n) is 3.62. The first-order chi connectivity index (χ1) is 12.4. The van der Waals surface area contributed by atoms with Gasteiger partial charge in [0.05, 0.1) is 11.1 Å². The second-order valence-electron chi connectivity index (χ2n) is 6.11. The van der Waals surface area contributed by atoms with E-state index >= 15 is 0 Å². The van der Waals surface area contributed by atoms with Crippen molar-refractivity contribution in [2.75, 3.05) is 11.9 Å². The molecule has 0 aliphatic rings.